The molecule has 2 amide bonds. The summed E-state index contributed by atoms with van der Waals surface area (Å²) in [5.41, 5.74) is 0.612. The van der Waals surface area contributed by atoms with Gasteiger partial charge in [0.25, 0.3) is 0 Å². The van der Waals surface area contributed by atoms with Gasteiger partial charge < -0.3 is 10.6 Å². The number of hydrogen-bond donors (Lipinski definition) is 2. The van der Waals surface area contributed by atoms with Crippen LogP contribution in [0.5, 0.6) is 0 Å². The molecular formula is C19H23F3N2O6S2. The molecule has 0 saturated heterocycles. The van der Waals surface area contributed by atoms with Crippen molar-refractivity contribution >= 4 is 50.7 Å². The molecule has 0 aliphatic carbocycles. The number of nitrogens with one attached hydrogen (secondary N) is 2. The van der Waals surface area contributed by atoms with Crippen molar-refractivity contribution in [2.45, 2.75) is 32.0 Å². The number of carbonyl (C=O) groups is 4. The van der Waals surface area contributed by atoms with Crippen molar-refractivity contribution in [1.29, 1.82) is 0 Å². The van der Waals surface area contributed by atoms with Gasteiger partial charge in [-0.15, -0.1) is 0 Å². The molecular weight excluding hydrogens is 473 g/mol. The number of ketones is 2. The maximum atomic E-state index is 12.6. The van der Waals surface area contributed by atoms with Crippen molar-refractivity contribution in [3.05, 3.63) is 29.8 Å². The van der Waals surface area contributed by atoms with Crippen LogP contribution in [-0.4, -0.2) is 67.5 Å². The van der Waals surface area contributed by atoms with Crippen LogP contribution in [0.3, 0.4) is 0 Å². The number of carbonyl (C=O) groups excluding carboxylic acids is 4. The number of thioether (sulfide) groups is 1. The van der Waals surface area contributed by atoms with E-state index in [0.29, 0.717) is 5.56 Å². The standard InChI is InChI=1S/C19H23F3N2O6S2/c1-12(25)13-5-3-6-14(9-13)23-18(28)15(24-17(27)11-32(2,29)30)7-4-8-31-10-16(26)19(20,21)22/h3,5-6,9,15H,4,7-8,10-11H2,1-2H3,(H,23,28)(H,24,27)/t15-/m0/s1. The van der Waals surface area contributed by atoms with Gasteiger partial charge in [0.1, 0.15) is 11.8 Å². The lowest BCUT2D eigenvalue weighted by molar-refractivity contribution is -0.167. The van der Waals surface area contributed by atoms with Crippen molar-refractivity contribution in [3.63, 3.8) is 0 Å². The monoisotopic (exact) mass is 496 g/mol. The van der Waals surface area contributed by atoms with Crippen LogP contribution >= 0.6 is 11.8 Å². The molecule has 0 heterocycles. The number of sulfone groups is 1. The van der Waals surface area contributed by atoms with E-state index in [9.17, 15) is 40.8 Å². The SMILES string of the molecule is CC(=O)c1cccc(NC(=O)[C@H](CCCSCC(=O)C(F)(F)F)NC(=O)CS(C)(=O)=O)c1. The van der Waals surface area contributed by atoms with E-state index in [1.807, 2.05) is 0 Å². The quantitative estimate of drug-likeness (QED) is 0.335. The van der Waals surface area contributed by atoms with Crippen LogP contribution in [0.4, 0.5) is 18.9 Å². The van der Waals surface area contributed by atoms with Gasteiger partial charge in [-0.05, 0) is 37.7 Å². The van der Waals surface area contributed by atoms with E-state index in [4.69, 9.17) is 0 Å². The maximum Gasteiger partial charge on any atom is 0.450 e. The van der Waals surface area contributed by atoms with E-state index >= 15 is 0 Å². The summed E-state index contributed by atoms with van der Waals surface area (Å²) < 4.78 is 59.3. The minimum absolute atomic E-state index is 0.0130. The van der Waals surface area contributed by atoms with E-state index in [2.05, 4.69) is 10.6 Å². The van der Waals surface area contributed by atoms with Gasteiger partial charge in [-0.1, -0.05) is 12.1 Å². The van der Waals surface area contributed by atoms with Crippen LogP contribution in [0.15, 0.2) is 24.3 Å². The largest absolute Gasteiger partial charge is 0.450 e. The van der Waals surface area contributed by atoms with Crippen LogP contribution in [0.25, 0.3) is 0 Å². The number of halogens is 3. The molecule has 32 heavy (non-hydrogen) atoms. The number of alkyl halides is 3. The smallest absolute Gasteiger partial charge is 0.343 e. The molecule has 2 N–H and O–H groups in total. The highest BCUT2D eigenvalue weighted by atomic mass is 32.2. The van der Waals surface area contributed by atoms with Gasteiger partial charge in [-0.25, -0.2) is 8.42 Å². The highest BCUT2D eigenvalue weighted by molar-refractivity contribution is 7.99. The van der Waals surface area contributed by atoms with Crippen molar-refractivity contribution < 1.29 is 40.8 Å². The summed E-state index contributed by atoms with van der Waals surface area (Å²) in [5.74, 6) is -5.21. The summed E-state index contributed by atoms with van der Waals surface area (Å²) in [6.45, 7) is 1.34. The average Bonchev–Trinajstić information content (AvgIpc) is 2.64. The molecule has 0 radical (unpaired) electrons. The van der Waals surface area contributed by atoms with Crippen molar-refractivity contribution in [2.24, 2.45) is 0 Å². The lowest BCUT2D eigenvalue weighted by Gasteiger charge is -2.18. The second kappa shape index (κ2) is 12.0. The summed E-state index contributed by atoms with van der Waals surface area (Å²) in [5, 5.41) is 4.82. The summed E-state index contributed by atoms with van der Waals surface area (Å²) in [7, 11) is -3.65. The first-order valence-electron chi connectivity index (χ1n) is 9.26. The maximum absolute atomic E-state index is 12.6. The van der Waals surface area contributed by atoms with Crippen molar-refractivity contribution in [2.75, 3.05) is 28.8 Å². The molecule has 0 aromatic heterocycles. The molecule has 0 aliphatic heterocycles. The second-order valence-electron chi connectivity index (χ2n) is 6.93. The number of hydrogen-bond acceptors (Lipinski definition) is 7. The Morgan fingerprint density at radius 3 is 2.38 bits per heavy atom. The Bertz CT molecular complexity index is 964. The Hall–Kier alpha value is -2.41. The highest BCUT2D eigenvalue weighted by Crippen LogP contribution is 2.19. The molecule has 0 bridgehead atoms. The zero-order valence-electron chi connectivity index (χ0n) is 17.3. The minimum Gasteiger partial charge on any atom is -0.343 e. The topological polar surface area (TPSA) is 126 Å². The Kier molecular flexibility index (Phi) is 10.4. The van der Waals surface area contributed by atoms with E-state index < -0.39 is 51.2 Å². The van der Waals surface area contributed by atoms with Gasteiger partial charge in [0, 0.05) is 17.5 Å². The van der Waals surface area contributed by atoms with Crippen LogP contribution in [0.1, 0.15) is 30.1 Å². The lowest BCUT2D eigenvalue weighted by Crippen LogP contribution is -2.45. The third-order valence-electron chi connectivity index (χ3n) is 3.91. The molecule has 0 saturated carbocycles. The van der Waals surface area contributed by atoms with E-state index in [1.165, 1.54) is 25.1 Å². The predicted molar refractivity (Wildman–Crippen MR) is 114 cm³/mol. The van der Waals surface area contributed by atoms with Gasteiger partial charge in [0.05, 0.1) is 5.75 Å². The number of Topliss-reactive ketones (excluding diaryl/α,β-unsaturated/α-hetero) is 2. The Morgan fingerprint density at radius 2 is 1.81 bits per heavy atom. The zero-order valence-corrected chi connectivity index (χ0v) is 19.0. The second-order valence-corrected chi connectivity index (χ2v) is 10.2. The molecule has 0 unspecified atom stereocenters. The fraction of sp³-hybridized carbons (Fsp3) is 0.474. The number of rotatable bonds is 12. The number of anilines is 1. The van der Waals surface area contributed by atoms with Crippen molar-refractivity contribution in [3.8, 4) is 0 Å². The fourth-order valence-electron chi connectivity index (χ4n) is 2.42. The molecule has 0 fully saturated rings. The van der Waals surface area contributed by atoms with Crippen LogP contribution in [0.2, 0.25) is 0 Å². The first-order valence-corrected chi connectivity index (χ1v) is 12.5. The Morgan fingerprint density at radius 1 is 1.16 bits per heavy atom. The third-order valence-corrected chi connectivity index (χ3v) is 5.74. The van der Waals surface area contributed by atoms with Crippen LogP contribution in [-0.2, 0) is 24.2 Å². The summed E-state index contributed by atoms with van der Waals surface area (Å²) in [6.07, 6.45) is -3.91. The van der Waals surface area contributed by atoms with Gasteiger partial charge in [0.15, 0.2) is 15.6 Å². The molecule has 0 aliphatic rings. The lowest BCUT2D eigenvalue weighted by atomic mass is 10.1. The van der Waals surface area contributed by atoms with Gasteiger partial charge >= 0.3 is 6.18 Å². The zero-order chi connectivity index (χ0) is 24.5. The molecule has 1 aromatic carbocycles. The normalized spacial score (nSPS) is 12.7. The Labute approximate surface area is 187 Å². The van der Waals surface area contributed by atoms with Crippen molar-refractivity contribution in [1.82, 2.24) is 5.32 Å². The molecule has 1 atom stereocenters. The van der Waals surface area contributed by atoms with Gasteiger partial charge in [-0.3, -0.25) is 19.2 Å². The number of benzene rings is 1. The summed E-state index contributed by atoms with van der Waals surface area (Å²) >= 11 is 0.733. The fourth-order valence-corrected chi connectivity index (χ4v) is 3.85. The minimum atomic E-state index is -4.91. The summed E-state index contributed by atoms with van der Waals surface area (Å²) in [4.78, 5) is 47.0. The van der Waals surface area contributed by atoms with E-state index in [1.54, 1.807) is 6.07 Å². The first kappa shape index (κ1) is 27.6. The summed E-state index contributed by atoms with van der Waals surface area (Å²) in [6, 6.07) is 4.84. The van der Waals surface area contributed by atoms with Gasteiger partial charge in [0.2, 0.25) is 17.6 Å². The molecule has 0 spiro atoms. The van der Waals surface area contributed by atoms with E-state index in [-0.39, 0.29) is 30.1 Å². The average molecular weight is 497 g/mol. The molecule has 1 aromatic rings. The molecule has 13 heteroatoms. The van der Waals surface area contributed by atoms with Crippen LogP contribution < -0.4 is 10.6 Å². The predicted octanol–water partition coefficient (Wildman–Crippen LogP) is 2.00. The molecule has 1 rings (SSSR count). The highest BCUT2D eigenvalue weighted by Gasteiger charge is 2.37. The number of amides is 2. The Balaban J connectivity index is 2.78. The van der Waals surface area contributed by atoms with Gasteiger partial charge in [-0.2, -0.15) is 24.9 Å². The third kappa shape index (κ3) is 10.8. The van der Waals surface area contributed by atoms with Crippen LogP contribution in [0, 0.1) is 0 Å². The molecule has 178 valence electrons. The van der Waals surface area contributed by atoms with E-state index in [0.717, 1.165) is 18.0 Å². The molecule has 8 nitrogen and oxygen atoms in total. The first-order chi connectivity index (χ1) is 14.7.